The van der Waals surface area contributed by atoms with Crippen LogP contribution in [0.1, 0.15) is 38.8 Å². The summed E-state index contributed by atoms with van der Waals surface area (Å²) in [5.41, 5.74) is 0.934. The van der Waals surface area contributed by atoms with Gasteiger partial charge in [0, 0.05) is 32.1 Å². The van der Waals surface area contributed by atoms with Crippen LogP contribution in [0.2, 0.25) is 0 Å². The zero-order valence-electron chi connectivity index (χ0n) is 13.3. The first-order valence-electron chi connectivity index (χ1n) is 7.38. The molecule has 0 aromatic heterocycles. The highest BCUT2D eigenvalue weighted by Gasteiger charge is 2.12. The van der Waals surface area contributed by atoms with Gasteiger partial charge in [-0.25, -0.2) is 4.39 Å². The van der Waals surface area contributed by atoms with Crippen LogP contribution >= 0.6 is 0 Å². The van der Waals surface area contributed by atoms with Crippen molar-refractivity contribution in [1.29, 1.82) is 0 Å². The first kappa shape index (κ1) is 17.4. The molecule has 1 aromatic carbocycles. The number of benzene rings is 1. The molecule has 1 atom stereocenters. The standard InChI is InChI=1S/C16H25FN2O2/c1-5-19(6-2)16(20)9-10-18-12(3)13-7-8-14(17)15(11-13)21-4/h7-8,11-12,18H,5-6,9-10H2,1-4H3. The molecule has 5 heteroatoms. The molecule has 1 unspecified atom stereocenters. The van der Waals surface area contributed by atoms with Gasteiger partial charge in [0.15, 0.2) is 11.6 Å². The Morgan fingerprint density at radius 2 is 2.05 bits per heavy atom. The number of hydrogen-bond acceptors (Lipinski definition) is 3. The van der Waals surface area contributed by atoms with Crippen molar-refractivity contribution in [1.82, 2.24) is 10.2 Å². The maximum Gasteiger partial charge on any atom is 0.223 e. The second kappa shape index (κ2) is 8.62. The smallest absolute Gasteiger partial charge is 0.223 e. The number of halogens is 1. The molecule has 0 heterocycles. The van der Waals surface area contributed by atoms with Gasteiger partial charge < -0.3 is 15.0 Å². The third-order valence-electron chi connectivity index (χ3n) is 3.58. The molecule has 0 fully saturated rings. The molecule has 118 valence electrons. The number of carbonyl (C=O) groups is 1. The zero-order valence-corrected chi connectivity index (χ0v) is 13.3. The Hall–Kier alpha value is -1.62. The highest BCUT2D eigenvalue weighted by atomic mass is 19.1. The highest BCUT2D eigenvalue weighted by molar-refractivity contribution is 5.76. The molecule has 0 saturated carbocycles. The van der Waals surface area contributed by atoms with Gasteiger partial charge in [0.25, 0.3) is 0 Å². The van der Waals surface area contributed by atoms with Crippen LogP contribution in [0.15, 0.2) is 18.2 Å². The molecule has 1 aromatic rings. The average Bonchev–Trinajstić information content (AvgIpc) is 2.48. The predicted octanol–water partition coefficient (Wildman–Crippen LogP) is 2.74. The molecular weight excluding hydrogens is 271 g/mol. The van der Waals surface area contributed by atoms with Gasteiger partial charge in [-0.3, -0.25) is 4.79 Å². The average molecular weight is 296 g/mol. The highest BCUT2D eigenvalue weighted by Crippen LogP contribution is 2.22. The molecule has 0 aliphatic heterocycles. The number of ether oxygens (including phenoxy) is 1. The van der Waals surface area contributed by atoms with Crippen LogP contribution in [0.25, 0.3) is 0 Å². The summed E-state index contributed by atoms with van der Waals surface area (Å²) >= 11 is 0. The summed E-state index contributed by atoms with van der Waals surface area (Å²) in [6.45, 7) is 8.00. The molecule has 21 heavy (non-hydrogen) atoms. The summed E-state index contributed by atoms with van der Waals surface area (Å²) in [7, 11) is 1.45. The summed E-state index contributed by atoms with van der Waals surface area (Å²) < 4.78 is 18.3. The van der Waals surface area contributed by atoms with Gasteiger partial charge in [0.05, 0.1) is 7.11 Å². The van der Waals surface area contributed by atoms with Crippen LogP contribution in [-0.4, -0.2) is 37.6 Å². The summed E-state index contributed by atoms with van der Waals surface area (Å²) in [6.07, 6.45) is 0.463. The second-order valence-corrected chi connectivity index (χ2v) is 4.89. The Morgan fingerprint density at radius 1 is 1.38 bits per heavy atom. The summed E-state index contributed by atoms with van der Waals surface area (Å²) in [5, 5.41) is 3.28. The fraction of sp³-hybridized carbons (Fsp3) is 0.562. The van der Waals surface area contributed by atoms with E-state index in [4.69, 9.17) is 4.74 Å². The second-order valence-electron chi connectivity index (χ2n) is 4.89. The lowest BCUT2D eigenvalue weighted by molar-refractivity contribution is -0.130. The lowest BCUT2D eigenvalue weighted by atomic mass is 10.1. The van der Waals surface area contributed by atoms with Gasteiger partial charge in [0.2, 0.25) is 5.91 Å². The number of amides is 1. The van der Waals surface area contributed by atoms with Crippen LogP contribution < -0.4 is 10.1 Å². The van der Waals surface area contributed by atoms with E-state index in [1.54, 1.807) is 12.1 Å². The number of carbonyl (C=O) groups excluding carboxylic acids is 1. The van der Waals surface area contributed by atoms with E-state index in [0.717, 1.165) is 18.7 Å². The lowest BCUT2D eigenvalue weighted by Crippen LogP contribution is -2.33. The van der Waals surface area contributed by atoms with Crippen molar-refractivity contribution in [3.63, 3.8) is 0 Å². The SMILES string of the molecule is CCN(CC)C(=O)CCNC(C)c1ccc(F)c(OC)c1. The quantitative estimate of drug-likeness (QED) is 0.802. The number of rotatable bonds is 8. The lowest BCUT2D eigenvalue weighted by Gasteiger charge is -2.20. The normalized spacial score (nSPS) is 12.0. The summed E-state index contributed by atoms with van der Waals surface area (Å²) in [5.74, 6) is 0.0157. The zero-order chi connectivity index (χ0) is 15.8. The molecular formula is C16H25FN2O2. The molecule has 1 N–H and O–H groups in total. The van der Waals surface area contributed by atoms with Gasteiger partial charge in [-0.2, -0.15) is 0 Å². The van der Waals surface area contributed by atoms with Crippen molar-refractivity contribution >= 4 is 5.91 Å². The van der Waals surface area contributed by atoms with E-state index in [2.05, 4.69) is 5.32 Å². The van der Waals surface area contributed by atoms with E-state index >= 15 is 0 Å². The van der Waals surface area contributed by atoms with E-state index in [0.29, 0.717) is 13.0 Å². The Kier molecular flexibility index (Phi) is 7.15. The van der Waals surface area contributed by atoms with E-state index in [9.17, 15) is 9.18 Å². The molecule has 0 aliphatic rings. The van der Waals surface area contributed by atoms with E-state index in [-0.39, 0.29) is 23.5 Å². The van der Waals surface area contributed by atoms with Crippen LogP contribution in [0.5, 0.6) is 5.75 Å². The van der Waals surface area contributed by atoms with Gasteiger partial charge in [-0.05, 0) is 38.5 Å². The molecule has 0 aliphatic carbocycles. The van der Waals surface area contributed by atoms with Crippen LogP contribution in [0.3, 0.4) is 0 Å². The van der Waals surface area contributed by atoms with E-state index in [1.165, 1.54) is 13.2 Å². The van der Waals surface area contributed by atoms with Gasteiger partial charge in [-0.1, -0.05) is 6.07 Å². The summed E-state index contributed by atoms with van der Waals surface area (Å²) in [4.78, 5) is 13.7. The minimum atomic E-state index is -0.370. The Morgan fingerprint density at radius 3 is 2.62 bits per heavy atom. The molecule has 0 spiro atoms. The Bertz CT molecular complexity index is 462. The Labute approximate surface area is 126 Å². The largest absolute Gasteiger partial charge is 0.494 e. The van der Waals surface area contributed by atoms with Crippen molar-refractivity contribution in [2.75, 3.05) is 26.7 Å². The molecule has 4 nitrogen and oxygen atoms in total. The Balaban J connectivity index is 2.50. The monoisotopic (exact) mass is 296 g/mol. The van der Waals surface area contributed by atoms with Crippen LogP contribution in [0.4, 0.5) is 4.39 Å². The minimum absolute atomic E-state index is 0.0315. The minimum Gasteiger partial charge on any atom is -0.494 e. The van der Waals surface area contributed by atoms with Crippen molar-refractivity contribution in [3.05, 3.63) is 29.6 Å². The molecule has 0 saturated heterocycles. The topological polar surface area (TPSA) is 41.6 Å². The van der Waals surface area contributed by atoms with Gasteiger partial charge >= 0.3 is 0 Å². The van der Waals surface area contributed by atoms with Crippen molar-refractivity contribution < 1.29 is 13.9 Å². The fourth-order valence-electron chi connectivity index (χ4n) is 2.19. The first-order valence-corrected chi connectivity index (χ1v) is 7.38. The maximum atomic E-state index is 13.4. The molecule has 0 bridgehead atoms. The summed E-state index contributed by atoms with van der Waals surface area (Å²) in [6, 6.07) is 4.83. The predicted molar refractivity (Wildman–Crippen MR) is 81.9 cm³/mol. The van der Waals surface area contributed by atoms with Crippen molar-refractivity contribution in [3.8, 4) is 5.75 Å². The molecule has 1 rings (SSSR count). The first-order chi connectivity index (χ1) is 10.0. The number of hydrogen-bond donors (Lipinski definition) is 1. The molecule has 0 radical (unpaired) electrons. The third-order valence-corrected chi connectivity index (χ3v) is 3.58. The van der Waals surface area contributed by atoms with Crippen molar-refractivity contribution in [2.45, 2.75) is 33.2 Å². The number of methoxy groups -OCH3 is 1. The maximum absolute atomic E-state index is 13.4. The van der Waals surface area contributed by atoms with Gasteiger partial charge in [0.1, 0.15) is 0 Å². The fourth-order valence-corrected chi connectivity index (χ4v) is 2.19. The van der Waals surface area contributed by atoms with E-state index < -0.39 is 0 Å². The van der Waals surface area contributed by atoms with Gasteiger partial charge in [-0.15, -0.1) is 0 Å². The third kappa shape index (κ3) is 5.01. The van der Waals surface area contributed by atoms with E-state index in [1.807, 2.05) is 25.7 Å². The molecule has 1 amide bonds. The number of nitrogens with zero attached hydrogens (tertiary/aromatic N) is 1. The van der Waals surface area contributed by atoms with Crippen LogP contribution in [0, 0.1) is 5.82 Å². The van der Waals surface area contributed by atoms with Crippen LogP contribution in [-0.2, 0) is 4.79 Å². The number of nitrogens with one attached hydrogen (secondary N) is 1. The van der Waals surface area contributed by atoms with Crippen molar-refractivity contribution in [2.24, 2.45) is 0 Å².